The number of nitrogens with one attached hydrogen (secondary N) is 2. The van der Waals surface area contributed by atoms with Crippen molar-refractivity contribution >= 4 is 11.9 Å². The number of urea groups is 1. The van der Waals surface area contributed by atoms with E-state index in [0.29, 0.717) is 13.1 Å². The van der Waals surface area contributed by atoms with Crippen molar-refractivity contribution < 1.29 is 27.5 Å². The number of alkyl halides is 3. The van der Waals surface area contributed by atoms with Gasteiger partial charge in [0, 0.05) is 13.1 Å². The Kier molecular flexibility index (Phi) is 5.80. The molecule has 0 bridgehead atoms. The topological polar surface area (TPSA) is 70.7 Å². The molecular formula is C13H22F3N3O3. The van der Waals surface area contributed by atoms with Crippen molar-refractivity contribution in [2.75, 3.05) is 19.6 Å². The number of nitrogens with zero attached hydrogens (tertiary/aromatic N) is 1. The minimum atomic E-state index is -4.52. The van der Waals surface area contributed by atoms with E-state index in [9.17, 15) is 22.8 Å². The van der Waals surface area contributed by atoms with Gasteiger partial charge in [-0.2, -0.15) is 13.2 Å². The number of hydrogen-bond acceptors (Lipinski definition) is 4. The van der Waals surface area contributed by atoms with Crippen LogP contribution in [0.2, 0.25) is 0 Å². The molecule has 1 rings (SSSR count). The van der Waals surface area contributed by atoms with Crippen LogP contribution in [0.3, 0.4) is 0 Å². The number of carbonyl (C=O) groups is 2. The first kappa shape index (κ1) is 18.7. The molecular weight excluding hydrogens is 303 g/mol. The summed E-state index contributed by atoms with van der Waals surface area (Å²) in [6, 6.07) is -1.81. The summed E-state index contributed by atoms with van der Waals surface area (Å²) >= 11 is 0. The molecule has 0 aromatic rings. The molecule has 0 aromatic heterocycles. The van der Waals surface area contributed by atoms with Gasteiger partial charge in [-0.3, -0.25) is 15.0 Å². The molecule has 1 fully saturated rings. The monoisotopic (exact) mass is 325 g/mol. The summed E-state index contributed by atoms with van der Waals surface area (Å²) < 4.78 is 41.7. The van der Waals surface area contributed by atoms with Crippen LogP contribution in [0.1, 0.15) is 27.7 Å². The molecule has 128 valence electrons. The molecule has 22 heavy (non-hydrogen) atoms. The number of carbonyl (C=O) groups excluding carboxylic acids is 2. The average molecular weight is 325 g/mol. The van der Waals surface area contributed by atoms with Crippen molar-refractivity contribution in [2.45, 2.75) is 51.6 Å². The third-order valence-corrected chi connectivity index (χ3v) is 3.21. The molecule has 1 aliphatic rings. The van der Waals surface area contributed by atoms with Gasteiger partial charge in [0.1, 0.15) is 6.54 Å². The van der Waals surface area contributed by atoms with Crippen molar-refractivity contribution in [1.82, 2.24) is 15.5 Å². The van der Waals surface area contributed by atoms with Gasteiger partial charge in [-0.15, -0.1) is 0 Å². The maximum absolute atomic E-state index is 12.0. The second kappa shape index (κ2) is 6.82. The van der Waals surface area contributed by atoms with Gasteiger partial charge in [0.25, 0.3) is 0 Å². The first-order valence-electron chi connectivity index (χ1n) is 6.97. The molecule has 1 heterocycles. The lowest BCUT2D eigenvalue weighted by Crippen LogP contribution is -2.58. The van der Waals surface area contributed by atoms with E-state index >= 15 is 0 Å². The zero-order valence-corrected chi connectivity index (χ0v) is 13.1. The van der Waals surface area contributed by atoms with Gasteiger partial charge in [0.05, 0.1) is 17.7 Å². The lowest BCUT2D eigenvalue weighted by atomic mass is 10.0. The zero-order chi connectivity index (χ0) is 17.1. The van der Waals surface area contributed by atoms with Gasteiger partial charge >= 0.3 is 12.2 Å². The number of morpholine rings is 1. The van der Waals surface area contributed by atoms with Crippen LogP contribution < -0.4 is 10.6 Å². The summed E-state index contributed by atoms with van der Waals surface area (Å²) in [5, 5.41) is 3.52. The maximum Gasteiger partial charge on any atom is 0.405 e. The molecule has 0 aliphatic carbocycles. The van der Waals surface area contributed by atoms with E-state index in [2.05, 4.69) is 0 Å². The number of imide groups is 1. The number of ether oxygens (including phenoxy) is 1. The van der Waals surface area contributed by atoms with Gasteiger partial charge in [-0.05, 0) is 27.7 Å². The molecule has 0 radical (unpaired) electrons. The molecule has 9 heteroatoms. The van der Waals surface area contributed by atoms with Gasteiger partial charge in [0.2, 0.25) is 5.91 Å². The van der Waals surface area contributed by atoms with Gasteiger partial charge in [-0.1, -0.05) is 0 Å². The van der Waals surface area contributed by atoms with Crippen LogP contribution in [0, 0.1) is 0 Å². The molecule has 0 aromatic carbocycles. The average Bonchev–Trinajstić information content (AvgIpc) is 2.32. The summed E-state index contributed by atoms with van der Waals surface area (Å²) in [4.78, 5) is 25.1. The molecule has 3 amide bonds. The van der Waals surface area contributed by atoms with E-state index in [1.54, 1.807) is 12.2 Å². The number of halogens is 3. The smallest absolute Gasteiger partial charge is 0.370 e. The molecule has 1 saturated heterocycles. The Morgan fingerprint density at radius 3 is 2.50 bits per heavy atom. The Bertz CT molecular complexity index is 426. The molecule has 2 atom stereocenters. The Balaban J connectivity index is 2.52. The molecule has 6 nitrogen and oxygen atoms in total. The summed E-state index contributed by atoms with van der Waals surface area (Å²) in [5.41, 5.74) is -0.440. The third-order valence-electron chi connectivity index (χ3n) is 3.21. The molecule has 2 unspecified atom stereocenters. The number of hydrogen-bond donors (Lipinski definition) is 2. The van der Waals surface area contributed by atoms with Crippen LogP contribution in [0.25, 0.3) is 0 Å². The second-order valence-electron chi connectivity index (χ2n) is 6.08. The van der Waals surface area contributed by atoms with E-state index in [0.717, 1.165) is 0 Å². The van der Waals surface area contributed by atoms with Crippen molar-refractivity contribution in [3.05, 3.63) is 0 Å². The van der Waals surface area contributed by atoms with Crippen LogP contribution in [0.15, 0.2) is 0 Å². The predicted octanol–water partition coefficient (Wildman–Crippen LogP) is 1.26. The summed E-state index contributed by atoms with van der Waals surface area (Å²) in [6.07, 6.45) is -4.60. The van der Waals surface area contributed by atoms with E-state index in [4.69, 9.17) is 4.74 Å². The Labute approximate surface area is 127 Å². The van der Waals surface area contributed by atoms with Crippen molar-refractivity contribution in [2.24, 2.45) is 0 Å². The SMILES string of the molecule is CC1CN(C(C)C(=O)NC(=O)NCC(F)(F)F)CC(C)(C)O1. The van der Waals surface area contributed by atoms with E-state index < -0.39 is 36.3 Å². The molecule has 2 N–H and O–H groups in total. The largest absolute Gasteiger partial charge is 0.405 e. The minimum Gasteiger partial charge on any atom is -0.370 e. The second-order valence-corrected chi connectivity index (χ2v) is 6.08. The van der Waals surface area contributed by atoms with Crippen LogP contribution in [0.5, 0.6) is 0 Å². The highest BCUT2D eigenvalue weighted by Crippen LogP contribution is 2.22. The summed E-state index contributed by atoms with van der Waals surface area (Å²) in [7, 11) is 0. The Morgan fingerprint density at radius 2 is 2.00 bits per heavy atom. The van der Waals surface area contributed by atoms with Crippen LogP contribution in [0.4, 0.5) is 18.0 Å². The van der Waals surface area contributed by atoms with Crippen molar-refractivity contribution in [1.29, 1.82) is 0 Å². The molecule has 0 spiro atoms. The van der Waals surface area contributed by atoms with Crippen LogP contribution >= 0.6 is 0 Å². The third kappa shape index (κ3) is 6.18. The lowest BCUT2D eigenvalue weighted by Gasteiger charge is -2.43. The van der Waals surface area contributed by atoms with Crippen LogP contribution in [-0.2, 0) is 9.53 Å². The summed E-state index contributed by atoms with van der Waals surface area (Å²) in [5.74, 6) is -0.649. The fourth-order valence-electron chi connectivity index (χ4n) is 2.40. The first-order valence-corrected chi connectivity index (χ1v) is 6.97. The first-order chi connectivity index (χ1) is 9.89. The van der Waals surface area contributed by atoms with E-state index in [1.165, 1.54) is 0 Å². The van der Waals surface area contributed by atoms with Gasteiger partial charge < -0.3 is 10.1 Å². The molecule has 0 saturated carbocycles. The quantitative estimate of drug-likeness (QED) is 0.820. The Morgan fingerprint density at radius 1 is 1.41 bits per heavy atom. The maximum atomic E-state index is 12.0. The van der Waals surface area contributed by atoms with Gasteiger partial charge in [-0.25, -0.2) is 4.79 Å². The fraction of sp³-hybridized carbons (Fsp3) is 0.846. The predicted molar refractivity (Wildman–Crippen MR) is 73.3 cm³/mol. The van der Waals surface area contributed by atoms with Crippen molar-refractivity contribution in [3.63, 3.8) is 0 Å². The van der Waals surface area contributed by atoms with E-state index in [1.807, 2.05) is 31.0 Å². The molecule has 1 aliphatic heterocycles. The Hall–Kier alpha value is -1.35. The zero-order valence-electron chi connectivity index (χ0n) is 13.1. The highest BCUT2D eigenvalue weighted by atomic mass is 19.4. The van der Waals surface area contributed by atoms with E-state index in [-0.39, 0.29) is 6.10 Å². The minimum absolute atomic E-state index is 0.0851. The van der Waals surface area contributed by atoms with Crippen molar-refractivity contribution in [3.8, 4) is 0 Å². The number of rotatable bonds is 3. The van der Waals surface area contributed by atoms with Gasteiger partial charge in [0.15, 0.2) is 0 Å². The highest BCUT2D eigenvalue weighted by molar-refractivity contribution is 5.96. The normalized spacial score (nSPS) is 23.7. The number of amides is 3. The summed E-state index contributed by atoms with van der Waals surface area (Å²) in [6.45, 7) is 6.74. The highest BCUT2D eigenvalue weighted by Gasteiger charge is 2.36. The fourth-order valence-corrected chi connectivity index (χ4v) is 2.40. The van der Waals surface area contributed by atoms with Crippen LogP contribution in [-0.4, -0.2) is 60.4 Å². The standard InChI is InChI=1S/C13H22F3N3O3/c1-8-5-19(7-12(3,4)22-8)9(2)10(20)18-11(21)17-6-13(14,15)16/h8-9H,5-7H2,1-4H3,(H2,17,18,20,21). The lowest BCUT2D eigenvalue weighted by molar-refractivity contribution is -0.147.